The first kappa shape index (κ1) is 14.5. The van der Waals surface area contributed by atoms with Gasteiger partial charge in [0.05, 0.1) is 18.6 Å². The van der Waals surface area contributed by atoms with Crippen LogP contribution in [0.25, 0.3) is 0 Å². The van der Waals surface area contributed by atoms with E-state index < -0.39 is 0 Å². The van der Waals surface area contributed by atoms with E-state index in [9.17, 15) is 0 Å². The molecular formula is C17H27NO. The van der Waals surface area contributed by atoms with Crippen LogP contribution >= 0.6 is 0 Å². The molecule has 0 saturated carbocycles. The van der Waals surface area contributed by atoms with Crippen molar-refractivity contribution in [3.8, 4) is 0 Å². The van der Waals surface area contributed by atoms with E-state index in [0.717, 1.165) is 13.2 Å². The maximum absolute atomic E-state index is 6.25. The minimum atomic E-state index is 0.0184. The van der Waals surface area contributed by atoms with Gasteiger partial charge in [-0.2, -0.15) is 0 Å². The van der Waals surface area contributed by atoms with E-state index in [2.05, 4.69) is 53.7 Å². The Hall–Kier alpha value is -0.860. The third kappa shape index (κ3) is 2.32. The van der Waals surface area contributed by atoms with E-state index in [1.165, 1.54) is 22.3 Å². The van der Waals surface area contributed by atoms with Crippen LogP contribution in [0.5, 0.6) is 0 Å². The summed E-state index contributed by atoms with van der Waals surface area (Å²) in [5.41, 5.74) is 12.0. The highest BCUT2D eigenvalue weighted by Crippen LogP contribution is 2.40. The molecule has 19 heavy (non-hydrogen) atoms. The molecule has 0 aliphatic carbocycles. The minimum absolute atomic E-state index is 0.0184. The van der Waals surface area contributed by atoms with Crippen molar-refractivity contribution in [2.45, 2.75) is 58.4 Å². The van der Waals surface area contributed by atoms with Gasteiger partial charge >= 0.3 is 0 Å². The second kappa shape index (κ2) is 4.60. The molecule has 0 amide bonds. The third-order valence-corrected chi connectivity index (χ3v) is 4.49. The number of hydrogen-bond acceptors (Lipinski definition) is 2. The maximum atomic E-state index is 6.25. The smallest absolute Gasteiger partial charge is 0.0600 e. The zero-order valence-electron chi connectivity index (χ0n) is 13.1. The van der Waals surface area contributed by atoms with E-state index in [1.807, 2.05) is 0 Å². The average molecular weight is 261 g/mol. The van der Waals surface area contributed by atoms with Crippen LogP contribution in [0.2, 0.25) is 0 Å². The second-order valence-corrected chi connectivity index (χ2v) is 7.17. The zero-order valence-corrected chi connectivity index (χ0v) is 13.1. The first-order valence-corrected chi connectivity index (χ1v) is 7.14. The summed E-state index contributed by atoms with van der Waals surface area (Å²) in [6.45, 7) is 14.8. The Kier molecular flexibility index (Phi) is 3.53. The zero-order chi connectivity index (χ0) is 14.4. The van der Waals surface area contributed by atoms with Crippen LogP contribution in [0.1, 0.15) is 49.9 Å². The van der Waals surface area contributed by atoms with E-state index in [1.54, 1.807) is 0 Å². The molecule has 0 aromatic heterocycles. The Morgan fingerprint density at radius 2 is 1.63 bits per heavy atom. The molecule has 1 aliphatic heterocycles. The maximum Gasteiger partial charge on any atom is 0.0600 e. The van der Waals surface area contributed by atoms with Gasteiger partial charge in [0.2, 0.25) is 0 Å². The quantitative estimate of drug-likeness (QED) is 0.887. The summed E-state index contributed by atoms with van der Waals surface area (Å²) in [5, 5.41) is 0. The topological polar surface area (TPSA) is 35.2 Å². The molecule has 1 saturated heterocycles. The number of ether oxygens (including phenoxy) is 1. The molecule has 0 spiro atoms. The lowest BCUT2D eigenvalue weighted by atomic mass is 9.69. The molecule has 2 rings (SSSR count). The monoisotopic (exact) mass is 261 g/mol. The van der Waals surface area contributed by atoms with Gasteiger partial charge in [0.25, 0.3) is 0 Å². The van der Waals surface area contributed by atoms with Gasteiger partial charge in [0.15, 0.2) is 0 Å². The Morgan fingerprint density at radius 1 is 1.16 bits per heavy atom. The van der Waals surface area contributed by atoms with E-state index in [-0.39, 0.29) is 16.9 Å². The second-order valence-electron chi connectivity index (χ2n) is 7.17. The van der Waals surface area contributed by atoms with Crippen LogP contribution < -0.4 is 5.73 Å². The molecule has 1 unspecified atom stereocenters. The van der Waals surface area contributed by atoms with Crippen molar-refractivity contribution in [2.24, 2.45) is 5.73 Å². The third-order valence-electron chi connectivity index (χ3n) is 4.49. The molecule has 1 aliphatic rings. The van der Waals surface area contributed by atoms with Gasteiger partial charge in [-0.15, -0.1) is 0 Å². The SMILES string of the molecule is Cc1cc(C(C)(C)C)cc(C)c1C1(C(C)N)COC1. The predicted molar refractivity (Wildman–Crippen MR) is 80.8 cm³/mol. The molecule has 1 aromatic carbocycles. The van der Waals surface area contributed by atoms with Gasteiger partial charge < -0.3 is 10.5 Å². The predicted octanol–water partition coefficient (Wildman–Crippen LogP) is 3.22. The van der Waals surface area contributed by atoms with Gasteiger partial charge in [-0.25, -0.2) is 0 Å². The van der Waals surface area contributed by atoms with Crippen molar-refractivity contribution in [1.29, 1.82) is 0 Å². The summed E-state index contributed by atoms with van der Waals surface area (Å²) in [5.74, 6) is 0. The molecule has 1 heterocycles. The van der Waals surface area contributed by atoms with Crippen molar-refractivity contribution in [3.05, 3.63) is 34.4 Å². The highest BCUT2D eigenvalue weighted by Gasteiger charge is 2.45. The summed E-state index contributed by atoms with van der Waals surface area (Å²) < 4.78 is 5.48. The molecule has 2 heteroatoms. The number of hydrogen-bond donors (Lipinski definition) is 1. The Morgan fingerprint density at radius 3 is 1.89 bits per heavy atom. The lowest BCUT2D eigenvalue weighted by Gasteiger charge is -2.47. The highest BCUT2D eigenvalue weighted by molar-refractivity contribution is 5.47. The number of rotatable bonds is 2. The van der Waals surface area contributed by atoms with Crippen LogP contribution in [0, 0.1) is 13.8 Å². The highest BCUT2D eigenvalue weighted by atomic mass is 16.5. The fourth-order valence-electron chi connectivity index (χ4n) is 3.14. The molecule has 0 bridgehead atoms. The molecule has 106 valence electrons. The number of aryl methyl sites for hydroxylation is 2. The first-order chi connectivity index (χ1) is 8.68. The standard InChI is InChI=1S/C17H27NO/c1-11-7-14(16(4,5)6)8-12(2)15(11)17(13(3)18)9-19-10-17/h7-8,13H,9-10,18H2,1-6H3. The van der Waals surface area contributed by atoms with E-state index in [4.69, 9.17) is 10.5 Å². The molecule has 1 fully saturated rings. The van der Waals surface area contributed by atoms with Crippen LogP contribution in [-0.2, 0) is 15.6 Å². The molecule has 2 N–H and O–H groups in total. The lowest BCUT2D eigenvalue weighted by molar-refractivity contribution is -0.0707. The van der Waals surface area contributed by atoms with Crippen LogP contribution in [0.4, 0.5) is 0 Å². The fraction of sp³-hybridized carbons (Fsp3) is 0.647. The molecule has 1 aromatic rings. The van der Waals surface area contributed by atoms with Crippen molar-refractivity contribution >= 4 is 0 Å². The summed E-state index contributed by atoms with van der Waals surface area (Å²) in [6, 6.07) is 4.77. The summed E-state index contributed by atoms with van der Waals surface area (Å²) in [6.07, 6.45) is 0. The Balaban J connectivity index is 2.54. The normalized spacial score (nSPS) is 19.9. The fourth-order valence-corrected chi connectivity index (χ4v) is 3.14. The van der Waals surface area contributed by atoms with Crippen LogP contribution in [-0.4, -0.2) is 19.3 Å². The lowest BCUT2D eigenvalue weighted by Crippen LogP contribution is -2.58. The van der Waals surface area contributed by atoms with Crippen LogP contribution in [0.15, 0.2) is 12.1 Å². The van der Waals surface area contributed by atoms with Gasteiger partial charge in [0, 0.05) is 6.04 Å². The summed E-state index contributed by atoms with van der Waals surface area (Å²) >= 11 is 0. The Bertz CT molecular complexity index is 456. The molecule has 1 atom stereocenters. The molecular weight excluding hydrogens is 234 g/mol. The number of nitrogens with two attached hydrogens (primary N) is 1. The van der Waals surface area contributed by atoms with Gasteiger partial charge in [-0.05, 0) is 48.4 Å². The van der Waals surface area contributed by atoms with E-state index in [0.29, 0.717) is 0 Å². The van der Waals surface area contributed by atoms with Crippen molar-refractivity contribution < 1.29 is 4.74 Å². The molecule has 0 radical (unpaired) electrons. The van der Waals surface area contributed by atoms with Crippen molar-refractivity contribution in [3.63, 3.8) is 0 Å². The van der Waals surface area contributed by atoms with Gasteiger partial charge in [-0.3, -0.25) is 0 Å². The minimum Gasteiger partial charge on any atom is -0.379 e. The van der Waals surface area contributed by atoms with Crippen LogP contribution in [0.3, 0.4) is 0 Å². The largest absolute Gasteiger partial charge is 0.379 e. The van der Waals surface area contributed by atoms with Crippen molar-refractivity contribution in [1.82, 2.24) is 0 Å². The average Bonchev–Trinajstić information content (AvgIpc) is 2.18. The van der Waals surface area contributed by atoms with Crippen molar-refractivity contribution in [2.75, 3.05) is 13.2 Å². The van der Waals surface area contributed by atoms with Gasteiger partial charge in [0.1, 0.15) is 0 Å². The Labute approximate surface area is 117 Å². The van der Waals surface area contributed by atoms with E-state index >= 15 is 0 Å². The first-order valence-electron chi connectivity index (χ1n) is 7.14. The van der Waals surface area contributed by atoms with Gasteiger partial charge in [-0.1, -0.05) is 32.9 Å². The summed E-state index contributed by atoms with van der Waals surface area (Å²) in [4.78, 5) is 0. The summed E-state index contributed by atoms with van der Waals surface area (Å²) in [7, 11) is 0. The molecule has 2 nitrogen and oxygen atoms in total. The number of benzene rings is 1.